The van der Waals surface area contributed by atoms with Crippen molar-refractivity contribution < 1.29 is 13.2 Å². The number of piperidine rings is 1. The summed E-state index contributed by atoms with van der Waals surface area (Å²) in [6.07, 6.45) is 8.02. The monoisotopic (exact) mass is 390 g/mol. The lowest BCUT2D eigenvalue weighted by molar-refractivity contribution is 0.0520. The van der Waals surface area contributed by atoms with Crippen LogP contribution in [0.5, 0.6) is 0 Å². The first-order chi connectivity index (χ1) is 13.0. The molecule has 0 N–H and O–H groups in total. The summed E-state index contributed by atoms with van der Waals surface area (Å²) in [5, 5.41) is 0. The molecule has 0 aromatic heterocycles. The molecule has 3 aliphatic rings. The van der Waals surface area contributed by atoms with Crippen LogP contribution in [0.2, 0.25) is 0 Å². The number of benzene rings is 1. The van der Waals surface area contributed by atoms with E-state index in [1.807, 2.05) is 11.8 Å². The van der Waals surface area contributed by atoms with Crippen molar-refractivity contribution in [2.45, 2.75) is 56.8 Å². The van der Waals surface area contributed by atoms with E-state index in [4.69, 9.17) is 0 Å². The molecule has 0 bridgehead atoms. The van der Waals surface area contributed by atoms with E-state index in [-0.39, 0.29) is 5.91 Å². The molecule has 3 fully saturated rings. The number of amides is 1. The number of hydrogen-bond donors (Lipinski definition) is 0. The van der Waals surface area contributed by atoms with Crippen LogP contribution >= 0.6 is 0 Å². The minimum absolute atomic E-state index is 0.0168. The van der Waals surface area contributed by atoms with Crippen LogP contribution in [0.15, 0.2) is 23.1 Å². The second kappa shape index (κ2) is 7.55. The quantitative estimate of drug-likeness (QED) is 0.794. The van der Waals surface area contributed by atoms with Crippen molar-refractivity contribution in [2.24, 2.45) is 11.8 Å². The van der Waals surface area contributed by atoms with Crippen LogP contribution in [-0.4, -0.2) is 49.7 Å². The third-order valence-electron chi connectivity index (χ3n) is 6.70. The van der Waals surface area contributed by atoms with Crippen LogP contribution in [0.3, 0.4) is 0 Å². The molecule has 5 nitrogen and oxygen atoms in total. The molecular formula is C21H30N2O3S. The Balaban J connectivity index is 1.56. The zero-order valence-electron chi connectivity index (χ0n) is 16.2. The Labute approximate surface area is 162 Å². The van der Waals surface area contributed by atoms with Crippen molar-refractivity contribution in [2.75, 3.05) is 26.2 Å². The molecule has 6 heteroatoms. The van der Waals surface area contributed by atoms with Crippen LogP contribution in [0, 0.1) is 18.8 Å². The van der Waals surface area contributed by atoms with Gasteiger partial charge in [-0.3, -0.25) is 4.79 Å². The van der Waals surface area contributed by atoms with Crippen molar-refractivity contribution in [3.05, 3.63) is 29.3 Å². The van der Waals surface area contributed by atoms with Gasteiger partial charge in [-0.1, -0.05) is 25.3 Å². The number of carbonyl (C=O) groups excluding carboxylic acids is 1. The molecule has 1 saturated carbocycles. The highest BCUT2D eigenvalue weighted by Crippen LogP contribution is 2.36. The van der Waals surface area contributed by atoms with E-state index in [2.05, 4.69) is 0 Å². The van der Waals surface area contributed by atoms with Crippen molar-refractivity contribution in [3.63, 3.8) is 0 Å². The second-order valence-electron chi connectivity index (χ2n) is 8.44. The van der Waals surface area contributed by atoms with Gasteiger partial charge in [-0.15, -0.1) is 0 Å². The number of sulfonamides is 1. The lowest BCUT2D eigenvalue weighted by Gasteiger charge is -2.41. The smallest absolute Gasteiger partial charge is 0.253 e. The number of likely N-dealkylation sites (tertiary alicyclic amines) is 1. The van der Waals surface area contributed by atoms with Gasteiger partial charge in [0.15, 0.2) is 0 Å². The summed E-state index contributed by atoms with van der Waals surface area (Å²) in [5.41, 5.74) is 1.22. The Morgan fingerprint density at radius 3 is 2.41 bits per heavy atom. The first kappa shape index (κ1) is 18.9. The van der Waals surface area contributed by atoms with E-state index in [1.165, 1.54) is 25.7 Å². The molecule has 2 aliphatic heterocycles. The molecule has 1 amide bonds. The summed E-state index contributed by atoms with van der Waals surface area (Å²) in [5.74, 6) is 1.37. The van der Waals surface area contributed by atoms with Gasteiger partial charge in [0.05, 0.1) is 4.90 Å². The van der Waals surface area contributed by atoms with Gasteiger partial charge >= 0.3 is 0 Å². The van der Waals surface area contributed by atoms with E-state index in [0.29, 0.717) is 35.0 Å². The SMILES string of the molecule is Cc1ccc(C(=O)N2CC[C@H]3CCCC[C@@H]3C2)cc1S(=O)(=O)N1CCCC1. The fourth-order valence-electron chi connectivity index (χ4n) is 5.05. The molecule has 27 heavy (non-hydrogen) atoms. The zero-order chi connectivity index (χ0) is 19.0. The lowest BCUT2D eigenvalue weighted by Crippen LogP contribution is -2.44. The number of nitrogens with zero attached hydrogens (tertiary/aromatic N) is 2. The van der Waals surface area contributed by atoms with Crippen molar-refractivity contribution in [1.82, 2.24) is 9.21 Å². The fraction of sp³-hybridized carbons (Fsp3) is 0.667. The highest BCUT2D eigenvalue weighted by Gasteiger charge is 2.34. The fourth-order valence-corrected chi connectivity index (χ4v) is 6.81. The van der Waals surface area contributed by atoms with Gasteiger partial charge in [-0.25, -0.2) is 8.42 Å². The topological polar surface area (TPSA) is 57.7 Å². The summed E-state index contributed by atoms with van der Waals surface area (Å²) >= 11 is 0. The van der Waals surface area contributed by atoms with E-state index in [0.717, 1.165) is 38.3 Å². The van der Waals surface area contributed by atoms with Gasteiger partial charge in [0.1, 0.15) is 0 Å². The van der Waals surface area contributed by atoms with Gasteiger partial charge in [0, 0.05) is 31.7 Å². The van der Waals surface area contributed by atoms with Gasteiger partial charge in [0.25, 0.3) is 5.91 Å². The van der Waals surface area contributed by atoms with E-state index < -0.39 is 10.0 Å². The highest BCUT2D eigenvalue weighted by molar-refractivity contribution is 7.89. The standard InChI is InChI=1S/C21H30N2O3S/c1-16-8-9-18(14-20(16)27(25,26)23-11-4-5-12-23)21(24)22-13-10-17-6-2-3-7-19(17)15-22/h8-9,14,17,19H,2-7,10-13,15H2,1H3/t17-,19-/m1/s1. The predicted molar refractivity (Wildman–Crippen MR) is 105 cm³/mol. The summed E-state index contributed by atoms with van der Waals surface area (Å²) < 4.78 is 27.5. The molecule has 0 radical (unpaired) electrons. The summed E-state index contributed by atoms with van der Waals surface area (Å²) in [4.78, 5) is 15.3. The minimum atomic E-state index is -3.51. The molecule has 1 aromatic carbocycles. The number of hydrogen-bond acceptors (Lipinski definition) is 3. The normalized spacial score (nSPS) is 26.8. The van der Waals surface area contributed by atoms with Crippen LogP contribution in [-0.2, 0) is 10.0 Å². The maximum Gasteiger partial charge on any atom is 0.253 e. The van der Waals surface area contributed by atoms with Crippen molar-refractivity contribution >= 4 is 15.9 Å². The Kier molecular flexibility index (Phi) is 5.30. The van der Waals surface area contributed by atoms with Gasteiger partial charge in [0.2, 0.25) is 10.0 Å². The largest absolute Gasteiger partial charge is 0.338 e. The van der Waals surface area contributed by atoms with Crippen molar-refractivity contribution in [1.29, 1.82) is 0 Å². The Hall–Kier alpha value is -1.40. The van der Waals surface area contributed by atoms with Crippen LogP contribution < -0.4 is 0 Å². The Morgan fingerprint density at radius 1 is 0.963 bits per heavy atom. The Bertz CT molecular complexity index is 815. The van der Waals surface area contributed by atoms with E-state index in [9.17, 15) is 13.2 Å². The van der Waals surface area contributed by atoms with E-state index in [1.54, 1.807) is 22.5 Å². The third kappa shape index (κ3) is 3.66. The lowest BCUT2D eigenvalue weighted by atomic mass is 9.75. The number of rotatable bonds is 3. The maximum atomic E-state index is 13.1. The van der Waals surface area contributed by atoms with E-state index >= 15 is 0 Å². The first-order valence-corrected chi connectivity index (χ1v) is 11.8. The molecule has 1 aliphatic carbocycles. The number of fused-ring (bicyclic) bond motifs is 1. The average molecular weight is 391 g/mol. The summed E-state index contributed by atoms with van der Waals surface area (Å²) in [6, 6.07) is 5.18. The number of aryl methyl sites for hydroxylation is 1. The summed E-state index contributed by atoms with van der Waals surface area (Å²) in [6.45, 7) is 4.59. The van der Waals surface area contributed by atoms with Gasteiger partial charge in [-0.05, 0) is 62.1 Å². The van der Waals surface area contributed by atoms with Gasteiger partial charge in [-0.2, -0.15) is 4.31 Å². The summed E-state index contributed by atoms with van der Waals surface area (Å²) in [7, 11) is -3.51. The minimum Gasteiger partial charge on any atom is -0.338 e. The average Bonchev–Trinajstić information content (AvgIpc) is 3.23. The predicted octanol–water partition coefficient (Wildman–Crippen LogP) is 3.43. The third-order valence-corrected chi connectivity index (χ3v) is 8.74. The molecular weight excluding hydrogens is 360 g/mol. The highest BCUT2D eigenvalue weighted by atomic mass is 32.2. The van der Waals surface area contributed by atoms with Crippen LogP contribution in [0.4, 0.5) is 0 Å². The first-order valence-electron chi connectivity index (χ1n) is 10.4. The molecule has 4 rings (SSSR count). The molecule has 1 aromatic rings. The zero-order valence-corrected chi connectivity index (χ0v) is 17.0. The molecule has 0 unspecified atom stereocenters. The maximum absolute atomic E-state index is 13.1. The van der Waals surface area contributed by atoms with Crippen LogP contribution in [0.25, 0.3) is 0 Å². The molecule has 2 heterocycles. The van der Waals surface area contributed by atoms with Gasteiger partial charge < -0.3 is 4.90 Å². The van der Waals surface area contributed by atoms with Crippen LogP contribution in [0.1, 0.15) is 60.9 Å². The van der Waals surface area contributed by atoms with Crippen molar-refractivity contribution in [3.8, 4) is 0 Å². The molecule has 0 spiro atoms. The molecule has 2 saturated heterocycles. The molecule has 2 atom stereocenters. The Morgan fingerprint density at radius 2 is 1.67 bits per heavy atom. The number of carbonyl (C=O) groups is 1. The molecule has 148 valence electrons. The second-order valence-corrected chi connectivity index (χ2v) is 10.3.